The molecule has 2 aromatic rings. The molecule has 0 heterocycles. The highest BCUT2D eigenvalue weighted by Crippen LogP contribution is 2.30. The Morgan fingerprint density at radius 1 is 1.24 bits per heavy atom. The number of sulfone groups is 1. The first kappa shape index (κ1) is 19.1. The van der Waals surface area contributed by atoms with Crippen LogP contribution in [0.4, 0.5) is 5.69 Å². The molecule has 0 radical (unpaired) electrons. The Hall–Kier alpha value is -2.21. The standard InChI is InChI=1S/C16H14ClN3O3S2/c1-23-13-7-12(20-16(24-2)19-10-18)8-15(9-13)25(21,22)14-5-3-11(17)4-6-14/h3-9H,1-2H3,(H,19,20). The zero-order valence-corrected chi connectivity index (χ0v) is 15.7. The molecule has 130 valence electrons. The second-order valence-corrected chi connectivity index (χ2v) is 7.86. The maximum Gasteiger partial charge on any atom is 0.206 e. The van der Waals surface area contributed by atoms with Crippen molar-refractivity contribution in [3.63, 3.8) is 0 Å². The molecule has 2 aromatic carbocycles. The second kappa shape index (κ2) is 8.25. The Labute approximate surface area is 155 Å². The fourth-order valence-electron chi connectivity index (χ4n) is 1.93. The number of hydrogen-bond acceptors (Lipinski definition) is 6. The van der Waals surface area contributed by atoms with Crippen LogP contribution in [0.5, 0.6) is 5.75 Å². The van der Waals surface area contributed by atoms with E-state index in [0.717, 1.165) is 0 Å². The van der Waals surface area contributed by atoms with Crippen LogP contribution in [0.3, 0.4) is 0 Å². The molecule has 0 saturated carbocycles. The van der Waals surface area contributed by atoms with E-state index in [1.54, 1.807) is 18.5 Å². The first-order valence-electron chi connectivity index (χ1n) is 6.88. The number of nitrogens with zero attached hydrogens (tertiary/aromatic N) is 2. The summed E-state index contributed by atoms with van der Waals surface area (Å²) in [5.74, 6) is 0.339. The average Bonchev–Trinajstić information content (AvgIpc) is 2.61. The number of benzene rings is 2. The summed E-state index contributed by atoms with van der Waals surface area (Å²) < 4.78 is 30.8. The number of amidine groups is 1. The van der Waals surface area contributed by atoms with E-state index in [9.17, 15) is 8.42 Å². The van der Waals surface area contributed by atoms with E-state index >= 15 is 0 Å². The highest BCUT2D eigenvalue weighted by Gasteiger charge is 2.19. The number of halogens is 1. The number of ether oxygens (including phenoxy) is 1. The van der Waals surface area contributed by atoms with Gasteiger partial charge in [-0.3, -0.25) is 5.32 Å². The number of hydrogen-bond donors (Lipinski definition) is 1. The van der Waals surface area contributed by atoms with Crippen LogP contribution in [0.2, 0.25) is 5.02 Å². The third kappa shape index (κ3) is 4.66. The van der Waals surface area contributed by atoms with Crippen molar-refractivity contribution in [3.05, 3.63) is 47.5 Å². The van der Waals surface area contributed by atoms with Crippen LogP contribution in [0.15, 0.2) is 57.2 Å². The van der Waals surface area contributed by atoms with E-state index in [0.29, 0.717) is 21.6 Å². The lowest BCUT2D eigenvalue weighted by Gasteiger charge is -2.09. The van der Waals surface area contributed by atoms with E-state index in [1.807, 2.05) is 0 Å². The van der Waals surface area contributed by atoms with E-state index in [2.05, 4.69) is 10.3 Å². The van der Waals surface area contributed by atoms with Crippen LogP contribution in [-0.2, 0) is 9.84 Å². The topological polar surface area (TPSA) is 91.5 Å². The molecule has 0 atom stereocenters. The summed E-state index contributed by atoms with van der Waals surface area (Å²) in [5.41, 5.74) is 0.346. The van der Waals surface area contributed by atoms with Crippen LogP contribution >= 0.6 is 23.4 Å². The monoisotopic (exact) mass is 395 g/mol. The van der Waals surface area contributed by atoms with Gasteiger partial charge in [0, 0.05) is 11.1 Å². The Morgan fingerprint density at radius 3 is 2.48 bits per heavy atom. The predicted octanol–water partition coefficient (Wildman–Crippen LogP) is 3.60. The molecule has 0 aliphatic heterocycles. The van der Waals surface area contributed by atoms with Crippen LogP contribution in [0.1, 0.15) is 0 Å². The van der Waals surface area contributed by atoms with Crippen LogP contribution in [0, 0.1) is 11.5 Å². The first-order valence-corrected chi connectivity index (χ1v) is 9.97. The van der Waals surface area contributed by atoms with E-state index < -0.39 is 9.84 Å². The molecule has 9 heteroatoms. The molecule has 0 fully saturated rings. The summed E-state index contributed by atoms with van der Waals surface area (Å²) in [5, 5.41) is 11.9. The first-order chi connectivity index (χ1) is 11.9. The van der Waals surface area contributed by atoms with Gasteiger partial charge in [0.2, 0.25) is 9.84 Å². The van der Waals surface area contributed by atoms with Crippen LogP contribution in [-0.4, -0.2) is 27.0 Å². The number of aliphatic imine (C=N–C) groups is 1. The molecule has 1 N–H and O–H groups in total. The maximum absolute atomic E-state index is 12.8. The smallest absolute Gasteiger partial charge is 0.206 e. The van der Waals surface area contributed by atoms with Crippen molar-refractivity contribution in [2.75, 3.05) is 13.4 Å². The maximum atomic E-state index is 12.8. The molecule has 0 aromatic heterocycles. The van der Waals surface area contributed by atoms with Crippen molar-refractivity contribution in [3.8, 4) is 11.9 Å². The van der Waals surface area contributed by atoms with Gasteiger partial charge in [-0.2, -0.15) is 5.26 Å². The van der Waals surface area contributed by atoms with Gasteiger partial charge in [0.15, 0.2) is 11.4 Å². The molecule has 0 saturated heterocycles. The summed E-state index contributed by atoms with van der Waals surface area (Å²) in [6.45, 7) is 0. The lowest BCUT2D eigenvalue weighted by Crippen LogP contribution is -2.12. The molecule has 0 aliphatic carbocycles. The third-order valence-corrected chi connectivity index (χ3v) is 5.70. The summed E-state index contributed by atoms with van der Waals surface area (Å²) in [6, 6.07) is 10.3. The molecule has 0 spiro atoms. The minimum atomic E-state index is -3.77. The van der Waals surface area contributed by atoms with Gasteiger partial charge in [0.05, 0.1) is 22.6 Å². The Balaban J connectivity index is 2.56. The number of thioether (sulfide) groups is 1. The highest BCUT2D eigenvalue weighted by atomic mass is 35.5. The van der Waals surface area contributed by atoms with Crippen molar-refractivity contribution in [1.29, 1.82) is 5.26 Å². The zero-order chi connectivity index (χ0) is 18.4. The van der Waals surface area contributed by atoms with Crippen LogP contribution in [0.25, 0.3) is 0 Å². The number of nitrogens with one attached hydrogen (secondary N) is 1. The summed E-state index contributed by atoms with van der Waals surface area (Å²) >= 11 is 7.04. The second-order valence-electron chi connectivity index (χ2n) is 4.68. The van der Waals surface area contributed by atoms with E-state index in [1.165, 1.54) is 55.3 Å². The van der Waals surface area contributed by atoms with Gasteiger partial charge in [-0.15, -0.1) is 0 Å². The van der Waals surface area contributed by atoms with Gasteiger partial charge in [0.1, 0.15) is 5.75 Å². The minimum Gasteiger partial charge on any atom is -0.497 e. The van der Waals surface area contributed by atoms with Crippen molar-refractivity contribution >= 4 is 44.1 Å². The summed E-state index contributed by atoms with van der Waals surface area (Å²) in [6.07, 6.45) is 3.52. The fourth-order valence-corrected chi connectivity index (χ4v) is 3.72. The minimum absolute atomic E-state index is 0.0327. The lowest BCUT2D eigenvalue weighted by atomic mass is 10.3. The molecular formula is C16H14ClN3O3S2. The van der Waals surface area contributed by atoms with Gasteiger partial charge in [-0.25, -0.2) is 13.4 Å². The molecule has 0 unspecified atom stereocenters. The van der Waals surface area contributed by atoms with Crippen molar-refractivity contribution < 1.29 is 13.2 Å². The summed E-state index contributed by atoms with van der Waals surface area (Å²) in [4.78, 5) is 4.38. The molecule has 6 nitrogen and oxygen atoms in total. The molecular weight excluding hydrogens is 382 g/mol. The van der Waals surface area contributed by atoms with Gasteiger partial charge >= 0.3 is 0 Å². The van der Waals surface area contributed by atoms with Gasteiger partial charge < -0.3 is 4.74 Å². The van der Waals surface area contributed by atoms with Crippen molar-refractivity contribution in [1.82, 2.24) is 5.32 Å². The normalized spacial score (nSPS) is 11.7. The largest absolute Gasteiger partial charge is 0.497 e. The number of rotatable bonds is 4. The highest BCUT2D eigenvalue weighted by molar-refractivity contribution is 8.13. The van der Waals surface area contributed by atoms with E-state index in [-0.39, 0.29) is 9.79 Å². The van der Waals surface area contributed by atoms with Crippen molar-refractivity contribution in [2.45, 2.75) is 9.79 Å². The predicted molar refractivity (Wildman–Crippen MR) is 99.3 cm³/mol. The molecule has 0 amide bonds. The van der Waals surface area contributed by atoms with E-state index in [4.69, 9.17) is 21.6 Å². The molecule has 0 aliphatic rings. The Kier molecular flexibility index (Phi) is 6.31. The van der Waals surface area contributed by atoms with Crippen molar-refractivity contribution in [2.24, 2.45) is 4.99 Å². The average molecular weight is 396 g/mol. The van der Waals surface area contributed by atoms with Gasteiger partial charge in [-0.05, 0) is 42.7 Å². The Bertz CT molecular complexity index is 936. The number of nitriles is 1. The van der Waals surface area contributed by atoms with Gasteiger partial charge in [0.25, 0.3) is 0 Å². The molecule has 2 rings (SSSR count). The lowest BCUT2D eigenvalue weighted by molar-refractivity contribution is 0.413. The zero-order valence-electron chi connectivity index (χ0n) is 13.4. The summed E-state index contributed by atoms with van der Waals surface area (Å²) in [7, 11) is -2.33. The van der Waals surface area contributed by atoms with Gasteiger partial charge in [-0.1, -0.05) is 23.4 Å². The quantitative estimate of drug-likeness (QED) is 0.368. The fraction of sp³-hybridized carbons (Fsp3) is 0.125. The third-order valence-electron chi connectivity index (χ3n) is 3.12. The Morgan fingerprint density at radius 2 is 1.92 bits per heavy atom. The molecule has 25 heavy (non-hydrogen) atoms. The SMILES string of the molecule is COc1cc(N=C(NC#N)SC)cc(S(=O)(=O)c2ccc(Cl)cc2)c1. The molecule has 0 bridgehead atoms. The number of methoxy groups -OCH3 is 1. The van der Waals surface area contributed by atoms with Crippen LogP contribution < -0.4 is 10.1 Å².